The second-order valence-electron chi connectivity index (χ2n) is 11.5. The van der Waals surface area contributed by atoms with Crippen LogP contribution >= 0.6 is 0 Å². The number of carbonyl (C=O) groups excluding carboxylic acids is 2. The molecule has 0 unspecified atom stereocenters. The number of hydrogen-bond acceptors (Lipinski definition) is 5. The molecule has 2 saturated heterocycles. The van der Waals surface area contributed by atoms with Crippen molar-refractivity contribution in [1.29, 1.82) is 0 Å². The molecule has 1 N–H and O–H groups in total. The van der Waals surface area contributed by atoms with E-state index in [4.69, 9.17) is 4.74 Å². The van der Waals surface area contributed by atoms with Crippen LogP contribution in [-0.4, -0.2) is 70.9 Å². The zero-order valence-electron chi connectivity index (χ0n) is 24.3. The van der Waals surface area contributed by atoms with Crippen LogP contribution in [0.5, 0.6) is 5.75 Å². The number of nitrogens with zero attached hydrogens (tertiary/aromatic N) is 3. The van der Waals surface area contributed by atoms with Crippen molar-refractivity contribution in [1.82, 2.24) is 19.4 Å². The lowest BCUT2D eigenvalue weighted by Crippen LogP contribution is -2.41. The normalized spacial score (nSPS) is 17.6. The number of H-pyrrole nitrogens is 1. The van der Waals surface area contributed by atoms with Gasteiger partial charge in [-0.15, -0.1) is 0 Å². The van der Waals surface area contributed by atoms with Crippen LogP contribution in [0.3, 0.4) is 0 Å². The molecular formula is C32H42N4O4. The number of aromatic nitrogens is 2. The number of benzene rings is 1. The minimum Gasteiger partial charge on any atom is -0.496 e. The Balaban J connectivity index is 1.30. The summed E-state index contributed by atoms with van der Waals surface area (Å²) in [7, 11) is 1.55. The molecule has 1 atom stereocenters. The number of pyridine rings is 1. The maximum atomic E-state index is 13.7. The number of carbonyl (C=O) groups is 2. The Morgan fingerprint density at radius 3 is 2.55 bits per heavy atom. The van der Waals surface area contributed by atoms with Gasteiger partial charge in [0.25, 0.3) is 5.56 Å². The van der Waals surface area contributed by atoms with Crippen LogP contribution in [0.2, 0.25) is 0 Å². The van der Waals surface area contributed by atoms with Gasteiger partial charge in [-0.25, -0.2) is 0 Å². The molecule has 4 heterocycles. The smallest absolute Gasteiger partial charge is 0.255 e. The predicted molar refractivity (Wildman–Crippen MR) is 157 cm³/mol. The van der Waals surface area contributed by atoms with Gasteiger partial charge < -0.3 is 24.1 Å². The number of likely N-dealkylation sites (tertiary alicyclic amines) is 2. The van der Waals surface area contributed by atoms with Crippen LogP contribution in [0.15, 0.2) is 35.1 Å². The quantitative estimate of drug-likeness (QED) is 0.374. The van der Waals surface area contributed by atoms with Gasteiger partial charge in [0.15, 0.2) is 5.78 Å². The Morgan fingerprint density at radius 2 is 1.85 bits per heavy atom. The van der Waals surface area contributed by atoms with Crippen LogP contribution in [0.1, 0.15) is 72.4 Å². The summed E-state index contributed by atoms with van der Waals surface area (Å²) in [6.07, 6.45) is 4.45. The molecule has 8 nitrogen and oxygen atoms in total. The maximum Gasteiger partial charge on any atom is 0.255 e. The number of piperidine rings is 1. The first-order valence-electron chi connectivity index (χ1n) is 14.7. The van der Waals surface area contributed by atoms with Crippen molar-refractivity contribution < 1.29 is 14.3 Å². The highest BCUT2D eigenvalue weighted by Gasteiger charge is 2.30. The van der Waals surface area contributed by atoms with E-state index in [0.717, 1.165) is 79.8 Å². The fraction of sp³-hybridized carbons (Fsp3) is 0.531. The molecule has 0 spiro atoms. The van der Waals surface area contributed by atoms with Crippen molar-refractivity contribution in [2.75, 3.05) is 39.8 Å². The number of aryl methyl sites for hydroxylation is 1. The average Bonchev–Trinajstić information content (AvgIpc) is 3.49. The number of hydrogen-bond donors (Lipinski definition) is 1. The lowest BCUT2D eigenvalue weighted by Gasteiger charge is -2.36. The predicted octanol–water partition coefficient (Wildman–Crippen LogP) is 4.67. The van der Waals surface area contributed by atoms with Gasteiger partial charge >= 0.3 is 0 Å². The highest BCUT2D eigenvalue weighted by atomic mass is 16.5. The maximum absolute atomic E-state index is 13.7. The van der Waals surface area contributed by atoms with Crippen molar-refractivity contribution >= 4 is 22.6 Å². The number of rotatable bonds is 10. The van der Waals surface area contributed by atoms with E-state index in [2.05, 4.69) is 34.4 Å². The number of amides is 1. The highest BCUT2D eigenvalue weighted by Crippen LogP contribution is 2.36. The fourth-order valence-corrected chi connectivity index (χ4v) is 6.81. The molecule has 5 rings (SSSR count). The first-order valence-corrected chi connectivity index (χ1v) is 14.7. The van der Waals surface area contributed by atoms with Gasteiger partial charge in [-0.2, -0.15) is 0 Å². The summed E-state index contributed by atoms with van der Waals surface area (Å²) in [6, 6.07) is 10.3. The van der Waals surface area contributed by atoms with E-state index in [1.165, 1.54) is 0 Å². The number of ketones is 1. The number of fused-ring (bicyclic) bond motifs is 1. The fourth-order valence-electron chi connectivity index (χ4n) is 6.81. The highest BCUT2D eigenvalue weighted by molar-refractivity contribution is 6.09. The Labute approximate surface area is 236 Å². The molecule has 8 heteroatoms. The van der Waals surface area contributed by atoms with Crippen LogP contribution in [0.25, 0.3) is 10.9 Å². The molecule has 3 aromatic rings. The monoisotopic (exact) mass is 546 g/mol. The minimum atomic E-state index is -0.198. The van der Waals surface area contributed by atoms with Gasteiger partial charge in [-0.1, -0.05) is 18.2 Å². The van der Waals surface area contributed by atoms with Crippen LogP contribution in [-0.2, 0) is 11.2 Å². The molecule has 40 heavy (non-hydrogen) atoms. The molecule has 2 aliphatic heterocycles. The lowest BCUT2D eigenvalue weighted by molar-refractivity contribution is -0.127. The Kier molecular flexibility index (Phi) is 8.45. The van der Waals surface area contributed by atoms with Gasteiger partial charge in [-0.3, -0.25) is 14.4 Å². The summed E-state index contributed by atoms with van der Waals surface area (Å²) in [4.78, 5) is 45.6. The molecule has 2 aromatic heterocycles. The molecule has 1 aromatic carbocycles. The van der Waals surface area contributed by atoms with E-state index in [9.17, 15) is 14.4 Å². The van der Waals surface area contributed by atoms with E-state index in [1.54, 1.807) is 13.2 Å². The molecular weight excluding hydrogens is 504 g/mol. The third-order valence-electron chi connectivity index (χ3n) is 9.07. The Morgan fingerprint density at radius 1 is 1.10 bits per heavy atom. The standard InChI is InChI=1S/C32H42N4O4/c1-21-20-29(40-4)26(32(39)33-21)11-12-28(37)31-23(3)36(27-9-6-5-8-25(27)31)22(2)24-13-16-34(17-14-24)18-19-35-15-7-10-30(35)38/h5-6,8-9,20,22,24H,7,10-19H2,1-4H3,(H,33,39)/t22-/m1/s1. The molecule has 1 amide bonds. The van der Waals surface area contributed by atoms with Gasteiger partial charge in [0.1, 0.15) is 5.75 Å². The van der Waals surface area contributed by atoms with Gasteiger partial charge in [0.2, 0.25) is 5.91 Å². The van der Waals surface area contributed by atoms with Crippen molar-refractivity contribution in [3.63, 3.8) is 0 Å². The summed E-state index contributed by atoms with van der Waals surface area (Å²) in [5.74, 6) is 1.39. The van der Waals surface area contributed by atoms with Crippen molar-refractivity contribution in [3.05, 3.63) is 63.2 Å². The summed E-state index contributed by atoms with van der Waals surface area (Å²) in [6.45, 7) is 10.9. The number of para-hydroxylation sites is 1. The van der Waals surface area contributed by atoms with Crippen molar-refractivity contribution in [2.24, 2.45) is 5.92 Å². The van der Waals surface area contributed by atoms with E-state index >= 15 is 0 Å². The zero-order valence-corrected chi connectivity index (χ0v) is 24.3. The van der Waals surface area contributed by atoms with Crippen LogP contribution in [0, 0.1) is 19.8 Å². The van der Waals surface area contributed by atoms with E-state index in [1.807, 2.05) is 30.0 Å². The molecule has 0 radical (unpaired) electrons. The molecule has 0 aliphatic carbocycles. The van der Waals surface area contributed by atoms with E-state index in [-0.39, 0.29) is 23.8 Å². The average molecular weight is 547 g/mol. The van der Waals surface area contributed by atoms with Crippen LogP contribution < -0.4 is 10.3 Å². The summed E-state index contributed by atoms with van der Waals surface area (Å²) in [5.41, 5.74) is 3.90. The first kappa shape index (κ1) is 28.1. The van der Waals surface area contributed by atoms with Crippen molar-refractivity contribution in [2.45, 2.75) is 65.3 Å². The second kappa shape index (κ2) is 12.0. The summed E-state index contributed by atoms with van der Waals surface area (Å²) >= 11 is 0. The third kappa shape index (κ3) is 5.59. The van der Waals surface area contributed by atoms with Gasteiger partial charge in [0, 0.05) is 66.4 Å². The van der Waals surface area contributed by atoms with E-state index in [0.29, 0.717) is 36.0 Å². The Bertz CT molecular complexity index is 1450. The van der Waals surface area contributed by atoms with Gasteiger partial charge in [-0.05, 0) is 77.6 Å². The number of ether oxygens (including phenoxy) is 1. The number of Topliss-reactive ketones (excluding diaryl/α,β-unsaturated/α-hetero) is 1. The summed E-state index contributed by atoms with van der Waals surface area (Å²) < 4.78 is 7.80. The molecule has 0 saturated carbocycles. The number of aromatic amines is 1. The third-order valence-corrected chi connectivity index (χ3v) is 9.07. The lowest BCUT2D eigenvalue weighted by atomic mass is 9.90. The molecule has 2 fully saturated rings. The zero-order chi connectivity index (χ0) is 28.4. The van der Waals surface area contributed by atoms with Gasteiger partial charge in [0.05, 0.1) is 12.7 Å². The SMILES string of the molecule is COc1cc(C)[nH]c(=O)c1CCC(=O)c1c(C)n([C@H](C)C2CCN(CCN3CCCC3=O)CC2)c2ccccc12. The number of nitrogens with one attached hydrogen (secondary N) is 1. The topological polar surface area (TPSA) is 87.6 Å². The molecule has 214 valence electrons. The summed E-state index contributed by atoms with van der Waals surface area (Å²) in [5, 5.41) is 0.981. The molecule has 2 aliphatic rings. The first-order chi connectivity index (χ1) is 19.3. The molecule has 0 bridgehead atoms. The van der Waals surface area contributed by atoms with Crippen molar-refractivity contribution in [3.8, 4) is 5.75 Å². The number of methoxy groups -OCH3 is 1. The largest absolute Gasteiger partial charge is 0.496 e. The Hall–Kier alpha value is -3.39. The second-order valence-corrected chi connectivity index (χ2v) is 11.5. The van der Waals surface area contributed by atoms with E-state index < -0.39 is 0 Å². The minimum absolute atomic E-state index is 0.0490. The van der Waals surface area contributed by atoms with Crippen LogP contribution in [0.4, 0.5) is 0 Å².